The normalized spacial score (nSPS) is 17.2. The zero-order chi connectivity index (χ0) is 30.3. The van der Waals surface area contributed by atoms with E-state index in [0.29, 0.717) is 37.8 Å². The second kappa shape index (κ2) is 9.47. The van der Waals surface area contributed by atoms with Crippen molar-refractivity contribution in [3.63, 3.8) is 0 Å². The van der Waals surface area contributed by atoms with Crippen LogP contribution in [0.3, 0.4) is 0 Å². The molecule has 0 bridgehead atoms. The molecule has 0 radical (unpaired) electrons. The summed E-state index contributed by atoms with van der Waals surface area (Å²) in [4.78, 5) is 51.4. The molecular weight excluding hydrogens is 605 g/mol. The maximum Gasteiger partial charge on any atom is 0.297 e. The van der Waals surface area contributed by atoms with E-state index in [0.717, 1.165) is 12.1 Å². The molecule has 0 N–H and O–H groups in total. The van der Waals surface area contributed by atoms with Gasteiger partial charge in [0.05, 0.1) is 40.5 Å². The second-order valence-electron chi connectivity index (χ2n) is 10.5. The smallest absolute Gasteiger partial charge is 0.297 e. The quantitative estimate of drug-likeness (QED) is 0.218. The van der Waals surface area contributed by atoms with Crippen LogP contribution in [0.1, 0.15) is 27.2 Å². The van der Waals surface area contributed by atoms with E-state index >= 15 is 4.79 Å². The number of para-hydroxylation sites is 1. The molecule has 1 unspecified atom stereocenters. The van der Waals surface area contributed by atoms with Crippen LogP contribution in [-0.4, -0.2) is 23.9 Å². The number of carbonyl (C=O) groups excluding carboxylic acids is 2. The average Bonchev–Trinajstić information content (AvgIpc) is 3.64. The number of benzene rings is 4. The van der Waals surface area contributed by atoms with Gasteiger partial charge >= 0.3 is 0 Å². The maximum atomic E-state index is 15.1. The number of fused-ring (bicyclic) bond motifs is 6. The van der Waals surface area contributed by atoms with E-state index in [2.05, 4.69) is 0 Å². The van der Waals surface area contributed by atoms with Gasteiger partial charge in [0, 0.05) is 10.6 Å². The summed E-state index contributed by atoms with van der Waals surface area (Å²) in [5.74, 6) is -1.63. The largest absolute Gasteiger partial charge is 0.497 e. The molecule has 6 aromatic rings. The van der Waals surface area contributed by atoms with Crippen LogP contribution in [0.5, 0.6) is 5.75 Å². The lowest BCUT2D eigenvalue weighted by Crippen LogP contribution is -2.53. The highest BCUT2D eigenvalue weighted by Gasteiger charge is 2.66. The number of hydrogen-bond donors (Lipinski definition) is 0. The topological polar surface area (TPSA) is 93.0 Å². The third-order valence-electron chi connectivity index (χ3n) is 8.15. The van der Waals surface area contributed by atoms with E-state index in [-0.39, 0.29) is 34.0 Å². The zero-order valence-corrected chi connectivity index (χ0v) is 24.4. The van der Waals surface area contributed by atoms with Crippen LogP contribution in [0.2, 0.25) is 5.02 Å². The first-order valence-corrected chi connectivity index (χ1v) is 14.7. The highest BCUT2D eigenvalue weighted by atomic mass is 35.5. The van der Waals surface area contributed by atoms with Gasteiger partial charge in [-0.2, -0.15) is 0 Å². The number of amides is 2. The van der Waals surface area contributed by atoms with Crippen molar-refractivity contribution in [2.45, 2.75) is 12.1 Å². The van der Waals surface area contributed by atoms with Crippen molar-refractivity contribution in [1.82, 2.24) is 4.98 Å². The van der Waals surface area contributed by atoms with Gasteiger partial charge in [-0.05, 0) is 54.1 Å². The summed E-state index contributed by atoms with van der Waals surface area (Å²) >= 11 is 7.69. The van der Waals surface area contributed by atoms with Crippen molar-refractivity contribution in [2.75, 3.05) is 16.9 Å². The van der Waals surface area contributed by atoms with Gasteiger partial charge in [-0.15, -0.1) is 0 Å². The highest BCUT2D eigenvalue weighted by molar-refractivity contribution is 7.22. The van der Waals surface area contributed by atoms with Crippen LogP contribution < -0.4 is 20.0 Å². The standard InChI is InChI=1S/C33H19ClFN3O5S/c1-42-19-11-12-23-26(15-19)44-32(36-23)38-30(40)29-27(28(39)20-14-18(35)10-13-25(20)43-29)33(38)21-7-3-5-9-24(21)37(31(33)41)16-17-6-2-4-8-22(17)34/h2-15H,16H2,1H3. The molecule has 0 aliphatic carbocycles. The lowest BCUT2D eigenvalue weighted by molar-refractivity contribution is -0.121. The number of halogens is 2. The molecule has 2 aromatic heterocycles. The number of nitrogens with zero attached hydrogens (tertiary/aromatic N) is 3. The third-order valence-corrected chi connectivity index (χ3v) is 9.52. The number of anilines is 2. The van der Waals surface area contributed by atoms with Gasteiger partial charge in [-0.3, -0.25) is 19.3 Å². The van der Waals surface area contributed by atoms with Gasteiger partial charge in [0.25, 0.3) is 11.8 Å². The molecule has 11 heteroatoms. The summed E-state index contributed by atoms with van der Waals surface area (Å²) in [6, 6.07) is 22.9. The predicted molar refractivity (Wildman–Crippen MR) is 165 cm³/mol. The van der Waals surface area contributed by atoms with E-state index in [4.69, 9.17) is 25.7 Å². The van der Waals surface area contributed by atoms with Crippen LogP contribution in [0.4, 0.5) is 15.2 Å². The second-order valence-corrected chi connectivity index (χ2v) is 11.9. The fraction of sp³-hybridized carbons (Fsp3) is 0.0909. The Morgan fingerprint density at radius 2 is 1.80 bits per heavy atom. The number of rotatable bonds is 4. The Bertz CT molecular complexity index is 2280. The van der Waals surface area contributed by atoms with Gasteiger partial charge in [0.15, 0.2) is 16.1 Å². The fourth-order valence-electron chi connectivity index (χ4n) is 6.20. The molecule has 44 heavy (non-hydrogen) atoms. The highest BCUT2D eigenvalue weighted by Crippen LogP contribution is 2.55. The van der Waals surface area contributed by atoms with Crippen LogP contribution in [0, 0.1) is 5.82 Å². The molecule has 1 spiro atoms. The van der Waals surface area contributed by atoms with Crippen LogP contribution in [0.15, 0.2) is 94.1 Å². The molecular formula is C33H19ClFN3O5S. The minimum Gasteiger partial charge on any atom is -0.497 e. The maximum absolute atomic E-state index is 15.1. The number of carbonyl (C=O) groups is 2. The minimum absolute atomic E-state index is 0.0289. The number of methoxy groups -OCH3 is 1. The summed E-state index contributed by atoms with van der Waals surface area (Å²) in [6.45, 7) is 0.0687. The fourth-order valence-corrected chi connectivity index (χ4v) is 7.45. The Kier molecular flexibility index (Phi) is 5.72. The van der Waals surface area contributed by atoms with E-state index in [1.54, 1.807) is 67.8 Å². The van der Waals surface area contributed by atoms with Crippen molar-refractivity contribution < 1.29 is 23.1 Å². The number of hydrogen-bond acceptors (Lipinski definition) is 7. The molecule has 1 atom stereocenters. The van der Waals surface area contributed by atoms with Gasteiger partial charge in [-0.25, -0.2) is 9.37 Å². The first kappa shape index (κ1) is 26.6. The summed E-state index contributed by atoms with van der Waals surface area (Å²) in [5.41, 5.74) is -0.690. The lowest BCUT2D eigenvalue weighted by Gasteiger charge is -2.32. The Morgan fingerprint density at radius 1 is 1.00 bits per heavy atom. The van der Waals surface area contributed by atoms with Gasteiger partial charge in [-0.1, -0.05) is 59.3 Å². The molecule has 2 aliphatic heterocycles. The van der Waals surface area contributed by atoms with E-state index in [9.17, 15) is 14.0 Å². The summed E-state index contributed by atoms with van der Waals surface area (Å²) in [6.07, 6.45) is 0. The first-order valence-electron chi connectivity index (χ1n) is 13.5. The van der Waals surface area contributed by atoms with Crippen LogP contribution in [-0.2, 0) is 16.9 Å². The molecule has 8 rings (SSSR count). The number of thiazole rings is 1. The van der Waals surface area contributed by atoms with E-state index in [1.807, 2.05) is 6.07 Å². The predicted octanol–water partition coefficient (Wildman–Crippen LogP) is 6.65. The summed E-state index contributed by atoms with van der Waals surface area (Å²) in [7, 11) is 1.55. The van der Waals surface area contributed by atoms with E-state index < -0.39 is 28.6 Å². The Balaban J connectivity index is 1.45. The Morgan fingerprint density at radius 3 is 2.61 bits per heavy atom. The van der Waals surface area contributed by atoms with Crippen molar-refractivity contribution in [3.8, 4) is 5.75 Å². The molecule has 2 amide bonds. The lowest BCUT2D eigenvalue weighted by atomic mass is 9.84. The molecule has 0 fully saturated rings. The van der Waals surface area contributed by atoms with Gasteiger partial charge in [0.1, 0.15) is 17.1 Å². The van der Waals surface area contributed by atoms with E-state index in [1.165, 1.54) is 27.2 Å². The molecule has 216 valence electrons. The van der Waals surface area contributed by atoms with Gasteiger partial charge < -0.3 is 14.1 Å². The number of ether oxygens (including phenoxy) is 1. The third kappa shape index (κ3) is 3.49. The Labute approximate surface area is 257 Å². The average molecular weight is 624 g/mol. The molecule has 4 heterocycles. The van der Waals surface area contributed by atoms with Crippen molar-refractivity contribution in [3.05, 3.63) is 128 Å². The minimum atomic E-state index is -1.98. The van der Waals surface area contributed by atoms with Crippen molar-refractivity contribution in [2.24, 2.45) is 0 Å². The SMILES string of the molecule is COc1ccc2nc(N3C(=O)c4oc5ccc(F)cc5c(=O)c4C34C(=O)N(Cc3ccccc3Cl)c3ccccc34)sc2c1. The molecule has 8 nitrogen and oxygen atoms in total. The van der Waals surface area contributed by atoms with Crippen molar-refractivity contribution >= 4 is 66.8 Å². The number of aromatic nitrogens is 1. The molecule has 0 saturated carbocycles. The molecule has 4 aromatic carbocycles. The van der Waals surface area contributed by atoms with Gasteiger partial charge in [0.2, 0.25) is 5.76 Å². The molecule has 0 saturated heterocycles. The Hall–Kier alpha value is -5.06. The van der Waals surface area contributed by atoms with Crippen LogP contribution in [0.25, 0.3) is 21.2 Å². The summed E-state index contributed by atoms with van der Waals surface area (Å²) in [5, 5.41) is 0.559. The zero-order valence-electron chi connectivity index (χ0n) is 22.8. The van der Waals surface area contributed by atoms with Crippen molar-refractivity contribution in [1.29, 1.82) is 0 Å². The first-order chi connectivity index (χ1) is 21.3. The monoisotopic (exact) mass is 623 g/mol. The summed E-state index contributed by atoms with van der Waals surface area (Å²) < 4.78 is 26.6. The molecule has 2 aliphatic rings. The van der Waals surface area contributed by atoms with Crippen LogP contribution >= 0.6 is 22.9 Å².